The normalized spacial score (nSPS) is 23.2. The summed E-state index contributed by atoms with van der Waals surface area (Å²) in [4.78, 5) is 2.04. The first kappa shape index (κ1) is 15.2. The van der Waals surface area contributed by atoms with E-state index in [-0.39, 0.29) is 4.90 Å². The summed E-state index contributed by atoms with van der Waals surface area (Å²) in [5, 5.41) is 19.0. The van der Waals surface area contributed by atoms with E-state index in [1.165, 1.54) is 12.1 Å². The lowest BCUT2D eigenvalue weighted by atomic mass is 10.3. The highest BCUT2D eigenvalue weighted by molar-refractivity contribution is 7.89. The molecule has 1 aromatic rings. The Morgan fingerprint density at radius 1 is 1.20 bits per heavy atom. The Morgan fingerprint density at radius 2 is 1.75 bits per heavy atom. The molecule has 1 aliphatic heterocycles. The fourth-order valence-corrected chi connectivity index (χ4v) is 3.27. The molecule has 0 aliphatic carbocycles. The van der Waals surface area contributed by atoms with E-state index in [0.29, 0.717) is 19.6 Å². The fraction of sp³-hybridized carbons (Fsp3) is 0.538. The smallest absolute Gasteiger partial charge is 0.240 e. The summed E-state index contributed by atoms with van der Waals surface area (Å²) in [5.41, 5.74) is 0.787. The van der Waals surface area contributed by atoms with E-state index in [0.717, 1.165) is 12.1 Å². The van der Waals surface area contributed by atoms with Crippen LogP contribution in [-0.4, -0.2) is 50.5 Å². The number of aliphatic hydroxyl groups excluding tert-OH is 2. The Bertz CT molecular complexity index is 534. The van der Waals surface area contributed by atoms with Crippen molar-refractivity contribution in [3.8, 4) is 0 Å². The molecule has 2 atom stereocenters. The van der Waals surface area contributed by atoms with Crippen molar-refractivity contribution in [2.24, 2.45) is 0 Å². The van der Waals surface area contributed by atoms with Gasteiger partial charge in [-0.25, -0.2) is 13.1 Å². The van der Waals surface area contributed by atoms with Crippen molar-refractivity contribution in [1.82, 2.24) is 4.72 Å². The van der Waals surface area contributed by atoms with Crippen molar-refractivity contribution in [3.63, 3.8) is 0 Å². The number of hydrogen-bond donors (Lipinski definition) is 3. The van der Waals surface area contributed by atoms with E-state index in [2.05, 4.69) is 4.72 Å². The van der Waals surface area contributed by atoms with Gasteiger partial charge in [-0.15, -0.1) is 0 Å². The summed E-state index contributed by atoms with van der Waals surface area (Å²) < 4.78 is 26.4. The first-order valence-corrected chi connectivity index (χ1v) is 8.13. The van der Waals surface area contributed by atoms with Gasteiger partial charge in [0.15, 0.2) is 0 Å². The van der Waals surface area contributed by atoms with Crippen molar-refractivity contribution in [1.29, 1.82) is 0 Å². The van der Waals surface area contributed by atoms with Crippen LogP contribution in [0, 0.1) is 0 Å². The third-order valence-corrected chi connectivity index (χ3v) is 4.79. The molecule has 3 N–H and O–H groups in total. The number of aliphatic hydroxyl groups is 2. The number of nitrogens with zero attached hydrogens (tertiary/aromatic N) is 1. The van der Waals surface area contributed by atoms with Crippen LogP contribution in [0.2, 0.25) is 0 Å². The molecule has 1 aliphatic rings. The highest BCUT2D eigenvalue weighted by Crippen LogP contribution is 2.22. The summed E-state index contributed by atoms with van der Waals surface area (Å²) >= 11 is 0. The van der Waals surface area contributed by atoms with Crippen LogP contribution >= 0.6 is 0 Å². The van der Waals surface area contributed by atoms with Crippen LogP contribution in [0.1, 0.15) is 13.3 Å². The number of sulfonamides is 1. The Balaban J connectivity index is 2.11. The van der Waals surface area contributed by atoms with Crippen molar-refractivity contribution in [2.45, 2.75) is 30.4 Å². The second kappa shape index (κ2) is 6.09. The first-order valence-electron chi connectivity index (χ1n) is 6.65. The van der Waals surface area contributed by atoms with Gasteiger partial charge in [-0.3, -0.25) is 0 Å². The maximum absolute atomic E-state index is 11.9. The third-order valence-electron chi connectivity index (χ3n) is 3.31. The summed E-state index contributed by atoms with van der Waals surface area (Å²) in [6, 6.07) is 6.44. The largest absolute Gasteiger partial charge is 0.389 e. The quantitative estimate of drug-likeness (QED) is 0.707. The van der Waals surface area contributed by atoms with Gasteiger partial charge < -0.3 is 15.1 Å². The van der Waals surface area contributed by atoms with Gasteiger partial charge in [0.1, 0.15) is 0 Å². The second-order valence-electron chi connectivity index (χ2n) is 4.93. The molecule has 1 fully saturated rings. The number of anilines is 1. The number of rotatable bonds is 5. The highest BCUT2D eigenvalue weighted by atomic mass is 32.2. The molecule has 0 spiro atoms. The zero-order valence-electron chi connectivity index (χ0n) is 11.4. The van der Waals surface area contributed by atoms with E-state index in [1.54, 1.807) is 12.1 Å². The standard InChI is InChI=1S/C13H20N2O4S/c1-2-7-14-20(18,19)11-5-3-10(4-6-11)15-8-12(16)13(17)9-15/h3-6,12-14,16-17H,2,7-9H2,1H3. The minimum atomic E-state index is -3.45. The molecule has 0 saturated carbocycles. The fourth-order valence-electron chi connectivity index (χ4n) is 2.14. The van der Waals surface area contributed by atoms with Crippen molar-refractivity contribution in [3.05, 3.63) is 24.3 Å². The van der Waals surface area contributed by atoms with E-state index >= 15 is 0 Å². The van der Waals surface area contributed by atoms with Crippen LogP contribution in [0.3, 0.4) is 0 Å². The minimum Gasteiger partial charge on any atom is -0.389 e. The highest BCUT2D eigenvalue weighted by Gasteiger charge is 2.29. The molecular weight excluding hydrogens is 280 g/mol. The van der Waals surface area contributed by atoms with Gasteiger partial charge in [0.25, 0.3) is 0 Å². The molecule has 7 heteroatoms. The maximum Gasteiger partial charge on any atom is 0.240 e. The van der Waals surface area contributed by atoms with Gasteiger partial charge in [0, 0.05) is 25.3 Å². The molecule has 2 rings (SSSR count). The zero-order valence-corrected chi connectivity index (χ0v) is 12.2. The van der Waals surface area contributed by atoms with Crippen LogP contribution < -0.4 is 9.62 Å². The molecule has 6 nitrogen and oxygen atoms in total. The number of nitrogens with one attached hydrogen (secondary N) is 1. The van der Waals surface area contributed by atoms with Crippen LogP contribution in [0.5, 0.6) is 0 Å². The SMILES string of the molecule is CCCNS(=O)(=O)c1ccc(N2CC(O)C(O)C2)cc1. The number of benzene rings is 1. The second-order valence-corrected chi connectivity index (χ2v) is 6.70. The Hall–Kier alpha value is -1.15. The van der Waals surface area contributed by atoms with Crippen molar-refractivity contribution in [2.75, 3.05) is 24.5 Å². The van der Waals surface area contributed by atoms with E-state index < -0.39 is 22.2 Å². The van der Waals surface area contributed by atoms with Gasteiger partial charge in [-0.05, 0) is 30.7 Å². The molecule has 0 amide bonds. The topological polar surface area (TPSA) is 89.9 Å². The average Bonchev–Trinajstić information content (AvgIpc) is 2.77. The molecule has 1 heterocycles. The third kappa shape index (κ3) is 3.29. The lowest BCUT2D eigenvalue weighted by Gasteiger charge is -2.18. The van der Waals surface area contributed by atoms with Crippen molar-refractivity contribution < 1.29 is 18.6 Å². The molecule has 0 radical (unpaired) electrons. The van der Waals surface area contributed by atoms with E-state index in [4.69, 9.17) is 0 Å². The van der Waals surface area contributed by atoms with Crippen LogP contribution in [0.15, 0.2) is 29.2 Å². The van der Waals surface area contributed by atoms with Gasteiger partial charge in [-0.2, -0.15) is 0 Å². The summed E-state index contributed by atoms with van der Waals surface area (Å²) in [6.07, 6.45) is -0.782. The van der Waals surface area contributed by atoms with Gasteiger partial charge in [-0.1, -0.05) is 6.92 Å². The van der Waals surface area contributed by atoms with Crippen LogP contribution in [0.25, 0.3) is 0 Å². The summed E-state index contributed by atoms with van der Waals surface area (Å²) in [5.74, 6) is 0. The lowest BCUT2D eigenvalue weighted by Crippen LogP contribution is -2.25. The molecule has 0 aromatic heterocycles. The van der Waals surface area contributed by atoms with E-state index in [9.17, 15) is 18.6 Å². The molecule has 112 valence electrons. The monoisotopic (exact) mass is 300 g/mol. The van der Waals surface area contributed by atoms with Gasteiger partial charge >= 0.3 is 0 Å². The molecule has 2 unspecified atom stereocenters. The number of β-amino-alcohol motifs (C(OH)–C–C–N with tert-alkyl or cyclic N) is 2. The average molecular weight is 300 g/mol. The zero-order chi connectivity index (χ0) is 14.8. The minimum absolute atomic E-state index is 0.218. The predicted octanol–water partition coefficient (Wildman–Crippen LogP) is -0.0833. The van der Waals surface area contributed by atoms with Crippen LogP contribution in [0.4, 0.5) is 5.69 Å². The molecule has 0 bridgehead atoms. The van der Waals surface area contributed by atoms with E-state index in [1.807, 2.05) is 11.8 Å². The summed E-state index contributed by atoms with van der Waals surface area (Å²) in [7, 11) is -3.45. The lowest BCUT2D eigenvalue weighted by molar-refractivity contribution is 0.0572. The molecule has 1 saturated heterocycles. The molecule has 1 aromatic carbocycles. The van der Waals surface area contributed by atoms with Crippen molar-refractivity contribution >= 4 is 15.7 Å². The maximum atomic E-state index is 11.9. The van der Waals surface area contributed by atoms with Crippen LogP contribution in [-0.2, 0) is 10.0 Å². The molecular formula is C13H20N2O4S. The number of hydrogen-bond acceptors (Lipinski definition) is 5. The first-order chi connectivity index (χ1) is 9.44. The Labute approximate surface area is 119 Å². The Morgan fingerprint density at radius 3 is 2.25 bits per heavy atom. The molecule has 20 heavy (non-hydrogen) atoms. The predicted molar refractivity (Wildman–Crippen MR) is 76.1 cm³/mol. The van der Waals surface area contributed by atoms with Gasteiger partial charge in [0.05, 0.1) is 17.1 Å². The Kier molecular flexibility index (Phi) is 4.64. The van der Waals surface area contributed by atoms with Gasteiger partial charge in [0.2, 0.25) is 10.0 Å². The summed E-state index contributed by atoms with van der Waals surface area (Å²) in [6.45, 7) is 3.01.